The van der Waals surface area contributed by atoms with Gasteiger partial charge in [0.25, 0.3) is 5.56 Å². The molecule has 0 radical (unpaired) electrons. The van der Waals surface area contributed by atoms with Gasteiger partial charge in [-0.15, -0.1) is 0 Å². The third-order valence-corrected chi connectivity index (χ3v) is 3.88. The Bertz CT molecular complexity index is 1000. The molecule has 0 unspecified atom stereocenters. The fraction of sp³-hybridized carbons (Fsp3) is 0.211. The number of nitrogens with zero attached hydrogens (tertiary/aromatic N) is 2. The van der Waals surface area contributed by atoms with Gasteiger partial charge in [0, 0.05) is 0 Å². The summed E-state index contributed by atoms with van der Waals surface area (Å²) in [5.74, 6) is -0.108. The van der Waals surface area contributed by atoms with Crippen LogP contribution in [0.25, 0.3) is 10.9 Å². The zero-order valence-corrected chi connectivity index (χ0v) is 14.2. The number of aryl methyl sites for hydroxylation is 1. The summed E-state index contributed by atoms with van der Waals surface area (Å²) in [6.07, 6.45) is 1.28. The van der Waals surface area contributed by atoms with E-state index < -0.39 is 11.4 Å². The minimum absolute atomic E-state index is 0.142. The number of fused-ring (bicyclic) bond motifs is 1. The van der Waals surface area contributed by atoms with Crippen LogP contribution in [0.3, 0.4) is 0 Å². The van der Waals surface area contributed by atoms with E-state index >= 15 is 0 Å². The molecule has 0 saturated heterocycles. The van der Waals surface area contributed by atoms with Crippen LogP contribution in [0.5, 0.6) is 5.75 Å². The van der Waals surface area contributed by atoms with E-state index in [-0.39, 0.29) is 17.8 Å². The van der Waals surface area contributed by atoms with E-state index in [4.69, 9.17) is 4.74 Å². The Morgan fingerprint density at radius 2 is 2.08 bits per heavy atom. The van der Waals surface area contributed by atoms with Crippen molar-refractivity contribution in [2.75, 3.05) is 13.2 Å². The van der Waals surface area contributed by atoms with E-state index in [9.17, 15) is 14.0 Å². The highest BCUT2D eigenvalue weighted by molar-refractivity contribution is 5.78. The number of rotatable bonds is 6. The van der Waals surface area contributed by atoms with Gasteiger partial charge in [-0.25, -0.2) is 9.37 Å². The van der Waals surface area contributed by atoms with Crippen molar-refractivity contribution in [1.29, 1.82) is 0 Å². The number of hydrogen-bond donors (Lipinski definition) is 1. The average molecular weight is 355 g/mol. The van der Waals surface area contributed by atoms with Crippen LogP contribution >= 0.6 is 0 Å². The van der Waals surface area contributed by atoms with E-state index in [1.54, 1.807) is 0 Å². The Kier molecular flexibility index (Phi) is 5.26. The lowest BCUT2D eigenvalue weighted by atomic mass is 10.2. The van der Waals surface area contributed by atoms with Gasteiger partial charge in [0.1, 0.15) is 24.7 Å². The average Bonchev–Trinajstić information content (AvgIpc) is 2.63. The topological polar surface area (TPSA) is 73.2 Å². The van der Waals surface area contributed by atoms with Crippen LogP contribution < -0.4 is 15.6 Å². The van der Waals surface area contributed by atoms with Crippen molar-refractivity contribution in [2.45, 2.75) is 13.5 Å². The molecule has 2 aromatic carbocycles. The standard InChI is InChI=1S/C19H18FN3O3/c1-13-4-2-3-5-17(13)26-9-8-21-18(24)11-23-12-22-16-7-6-14(20)10-15(16)19(23)25/h2-7,10,12H,8-9,11H2,1H3,(H,21,24). The number of carbonyl (C=O) groups is 1. The normalized spacial score (nSPS) is 10.7. The highest BCUT2D eigenvalue weighted by atomic mass is 19.1. The number of amides is 1. The van der Waals surface area contributed by atoms with Crippen LogP contribution in [0.15, 0.2) is 53.6 Å². The van der Waals surface area contributed by atoms with Crippen LogP contribution in [0.4, 0.5) is 4.39 Å². The first-order valence-electron chi connectivity index (χ1n) is 8.14. The number of aromatic nitrogens is 2. The maximum atomic E-state index is 13.3. The maximum Gasteiger partial charge on any atom is 0.261 e. The number of carbonyl (C=O) groups excluding carboxylic acids is 1. The van der Waals surface area contributed by atoms with Gasteiger partial charge in [-0.2, -0.15) is 0 Å². The SMILES string of the molecule is Cc1ccccc1OCCNC(=O)Cn1cnc2ccc(F)cc2c1=O. The van der Waals surface area contributed by atoms with Crippen molar-refractivity contribution in [1.82, 2.24) is 14.9 Å². The van der Waals surface area contributed by atoms with Gasteiger partial charge in [-0.05, 0) is 36.8 Å². The summed E-state index contributed by atoms with van der Waals surface area (Å²) < 4.78 is 20.1. The molecule has 0 aliphatic heterocycles. The third kappa shape index (κ3) is 4.05. The lowest BCUT2D eigenvalue weighted by Crippen LogP contribution is -2.34. The minimum atomic E-state index is -0.521. The van der Waals surface area contributed by atoms with Gasteiger partial charge in [0.2, 0.25) is 5.91 Å². The van der Waals surface area contributed by atoms with Crippen molar-refractivity contribution in [2.24, 2.45) is 0 Å². The molecule has 0 saturated carbocycles. The molecular formula is C19H18FN3O3. The molecule has 0 bridgehead atoms. The molecule has 1 amide bonds. The Balaban J connectivity index is 1.57. The predicted octanol–water partition coefficient (Wildman–Crippen LogP) is 2.04. The molecule has 1 N–H and O–H groups in total. The van der Waals surface area contributed by atoms with Crippen LogP contribution in [0.2, 0.25) is 0 Å². The second-order valence-electron chi connectivity index (χ2n) is 5.80. The number of nitrogens with one attached hydrogen (secondary N) is 1. The molecule has 6 nitrogen and oxygen atoms in total. The number of para-hydroxylation sites is 1. The predicted molar refractivity (Wildman–Crippen MR) is 95.6 cm³/mol. The van der Waals surface area contributed by atoms with Crippen LogP contribution in [-0.2, 0) is 11.3 Å². The summed E-state index contributed by atoms with van der Waals surface area (Å²) in [7, 11) is 0. The molecule has 3 rings (SSSR count). The van der Waals surface area contributed by atoms with Gasteiger partial charge in [-0.1, -0.05) is 18.2 Å². The second kappa shape index (κ2) is 7.77. The fourth-order valence-corrected chi connectivity index (χ4v) is 2.52. The minimum Gasteiger partial charge on any atom is -0.491 e. The Hall–Kier alpha value is -3.22. The van der Waals surface area contributed by atoms with Crippen molar-refractivity contribution < 1.29 is 13.9 Å². The van der Waals surface area contributed by atoms with Gasteiger partial charge < -0.3 is 10.1 Å². The molecule has 0 atom stereocenters. The van der Waals surface area contributed by atoms with Gasteiger partial charge in [-0.3, -0.25) is 14.2 Å². The first-order valence-corrected chi connectivity index (χ1v) is 8.14. The molecule has 7 heteroatoms. The van der Waals surface area contributed by atoms with Gasteiger partial charge in [0.05, 0.1) is 23.8 Å². The number of hydrogen-bond acceptors (Lipinski definition) is 4. The van der Waals surface area contributed by atoms with Crippen LogP contribution in [0.1, 0.15) is 5.56 Å². The zero-order chi connectivity index (χ0) is 18.5. The summed E-state index contributed by atoms with van der Waals surface area (Å²) in [6, 6.07) is 11.4. The molecule has 1 heterocycles. The Morgan fingerprint density at radius 1 is 1.27 bits per heavy atom. The van der Waals surface area contributed by atoms with E-state index in [2.05, 4.69) is 10.3 Å². The summed E-state index contributed by atoms with van der Waals surface area (Å²) >= 11 is 0. The lowest BCUT2D eigenvalue weighted by Gasteiger charge is -2.10. The second-order valence-corrected chi connectivity index (χ2v) is 5.80. The van der Waals surface area contributed by atoms with Crippen LogP contribution in [0, 0.1) is 12.7 Å². The fourth-order valence-electron chi connectivity index (χ4n) is 2.52. The number of halogens is 1. The smallest absolute Gasteiger partial charge is 0.261 e. The number of benzene rings is 2. The monoisotopic (exact) mass is 355 g/mol. The summed E-state index contributed by atoms with van der Waals surface area (Å²) in [5.41, 5.74) is 0.945. The first-order chi connectivity index (χ1) is 12.5. The van der Waals surface area contributed by atoms with E-state index in [0.717, 1.165) is 21.9 Å². The lowest BCUT2D eigenvalue weighted by molar-refractivity contribution is -0.121. The summed E-state index contributed by atoms with van der Waals surface area (Å²) in [4.78, 5) is 28.4. The van der Waals surface area contributed by atoms with Crippen molar-refractivity contribution in [3.63, 3.8) is 0 Å². The Morgan fingerprint density at radius 3 is 2.88 bits per heavy atom. The zero-order valence-electron chi connectivity index (χ0n) is 14.2. The van der Waals surface area contributed by atoms with Crippen LogP contribution in [-0.4, -0.2) is 28.6 Å². The highest BCUT2D eigenvalue weighted by Gasteiger charge is 2.09. The molecule has 0 aliphatic rings. The molecular weight excluding hydrogens is 337 g/mol. The van der Waals surface area contributed by atoms with Gasteiger partial charge >= 0.3 is 0 Å². The molecule has 0 spiro atoms. The van der Waals surface area contributed by atoms with Crippen molar-refractivity contribution in [3.8, 4) is 5.75 Å². The third-order valence-electron chi connectivity index (χ3n) is 3.88. The van der Waals surface area contributed by atoms with Crippen molar-refractivity contribution in [3.05, 3.63) is 70.5 Å². The maximum absolute atomic E-state index is 13.3. The van der Waals surface area contributed by atoms with Gasteiger partial charge in [0.15, 0.2) is 0 Å². The number of ether oxygens (including phenoxy) is 1. The van der Waals surface area contributed by atoms with Crippen molar-refractivity contribution >= 4 is 16.8 Å². The molecule has 3 aromatic rings. The molecule has 1 aromatic heterocycles. The molecule has 26 heavy (non-hydrogen) atoms. The van der Waals surface area contributed by atoms with E-state index in [0.29, 0.717) is 18.7 Å². The largest absolute Gasteiger partial charge is 0.491 e. The quantitative estimate of drug-likeness (QED) is 0.687. The Labute approximate surface area is 149 Å². The molecule has 0 aliphatic carbocycles. The molecule has 134 valence electrons. The summed E-state index contributed by atoms with van der Waals surface area (Å²) in [5, 5.41) is 2.82. The first kappa shape index (κ1) is 17.6. The van der Waals surface area contributed by atoms with E-state index in [1.807, 2.05) is 31.2 Å². The van der Waals surface area contributed by atoms with E-state index in [1.165, 1.54) is 18.5 Å². The summed E-state index contributed by atoms with van der Waals surface area (Å²) in [6.45, 7) is 2.36. The highest BCUT2D eigenvalue weighted by Crippen LogP contribution is 2.15. The molecule has 0 fully saturated rings.